The van der Waals surface area contributed by atoms with Gasteiger partial charge in [-0.15, -0.1) is 0 Å². The van der Waals surface area contributed by atoms with Crippen LogP contribution in [0.5, 0.6) is 5.75 Å². The van der Waals surface area contributed by atoms with E-state index < -0.39 is 0 Å². The second-order valence-corrected chi connectivity index (χ2v) is 6.16. The standard InChI is InChI=1S/C13H12Br2Cl2O/c1-7-9(4-5-11(17)8(2)16)6-10(14)13(18-3)12(7)15/h5-6H,2,4H2,1,3H3. The Kier molecular flexibility index (Phi) is 6.25. The highest BCUT2D eigenvalue weighted by Gasteiger charge is 2.12. The third-order valence-corrected chi connectivity index (χ3v) is 4.72. The maximum atomic E-state index is 5.94. The summed E-state index contributed by atoms with van der Waals surface area (Å²) in [6.45, 7) is 5.60. The number of hydrogen-bond donors (Lipinski definition) is 0. The fraction of sp³-hybridized carbons (Fsp3) is 0.231. The Morgan fingerprint density at radius 1 is 1.44 bits per heavy atom. The molecule has 0 unspecified atom stereocenters. The molecule has 0 heterocycles. The first kappa shape index (κ1) is 16.1. The van der Waals surface area contributed by atoms with Crippen LogP contribution in [0.15, 0.2) is 37.7 Å². The minimum absolute atomic E-state index is 0.348. The first-order chi connectivity index (χ1) is 8.38. The average molecular weight is 415 g/mol. The lowest BCUT2D eigenvalue weighted by Gasteiger charge is -2.12. The van der Waals surface area contributed by atoms with Gasteiger partial charge in [0.25, 0.3) is 0 Å². The highest BCUT2D eigenvalue weighted by Crippen LogP contribution is 2.38. The number of rotatable bonds is 4. The first-order valence-corrected chi connectivity index (χ1v) is 7.44. The van der Waals surface area contributed by atoms with Crippen molar-refractivity contribution in [2.24, 2.45) is 0 Å². The van der Waals surface area contributed by atoms with Crippen molar-refractivity contribution < 1.29 is 4.74 Å². The van der Waals surface area contributed by atoms with Crippen molar-refractivity contribution in [1.82, 2.24) is 0 Å². The van der Waals surface area contributed by atoms with Crippen molar-refractivity contribution in [3.8, 4) is 5.75 Å². The molecule has 0 radical (unpaired) electrons. The summed E-state index contributed by atoms with van der Waals surface area (Å²) in [5.74, 6) is 0.785. The van der Waals surface area contributed by atoms with Gasteiger partial charge in [-0.25, -0.2) is 0 Å². The quantitative estimate of drug-likeness (QED) is 0.553. The Labute approximate surface area is 134 Å². The molecule has 1 nitrogen and oxygen atoms in total. The van der Waals surface area contributed by atoms with Crippen LogP contribution >= 0.6 is 55.1 Å². The van der Waals surface area contributed by atoms with E-state index in [-0.39, 0.29) is 0 Å². The van der Waals surface area contributed by atoms with Crippen LogP contribution in [0, 0.1) is 6.92 Å². The SMILES string of the molecule is C=C(Cl)C(Cl)=CCc1cc(Br)c(OC)c(Br)c1C. The number of hydrogen-bond acceptors (Lipinski definition) is 1. The van der Waals surface area contributed by atoms with Crippen LogP contribution in [-0.2, 0) is 6.42 Å². The Balaban J connectivity index is 3.13. The van der Waals surface area contributed by atoms with Crippen LogP contribution in [0.2, 0.25) is 0 Å². The molecule has 98 valence electrons. The van der Waals surface area contributed by atoms with Gasteiger partial charge in [-0.3, -0.25) is 0 Å². The summed E-state index contributed by atoms with van der Waals surface area (Å²) in [4.78, 5) is 0. The molecular weight excluding hydrogens is 403 g/mol. The Morgan fingerprint density at radius 3 is 2.56 bits per heavy atom. The molecule has 0 aliphatic carbocycles. The zero-order valence-corrected chi connectivity index (χ0v) is 14.7. The van der Waals surface area contributed by atoms with Gasteiger partial charge in [0, 0.05) is 0 Å². The van der Waals surface area contributed by atoms with Crippen molar-refractivity contribution in [2.75, 3.05) is 7.11 Å². The lowest BCUT2D eigenvalue weighted by molar-refractivity contribution is 0.409. The molecule has 0 aliphatic rings. The minimum Gasteiger partial charge on any atom is -0.494 e. The number of methoxy groups -OCH3 is 1. The Bertz CT molecular complexity index is 510. The lowest BCUT2D eigenvalue weighted by atomic mass is 10.1. The van der Waals surface area contributed by atoms with Crippen LogP contribution in [0.4, 0.5) is 0 Å². The van der Waals surface area contributed by atoms with Gasteiger partial charge in [0.1, 0.15) is 5.75 Å². The number of benzene rings is 1. The van der Waals surface area contributed by atoms with Crippen LogP contribution < -0.4 is 4.74 Å². The van der Waals surface area contributed by atoms with E-state index in [1.807, 2.05) is 19.1 Å². The van der Waals surface area contributed by atoms with E-state index in [1.165, 1.54) is 0 Å². The summed E-state index contributed by atoms with van der Waals surface area (Å²) in [6.07, 6.45) is 2.52. The number of halogens is 4. The molecule has 1 aromatic carbocycles. The first-order valence-electron chi connectivity index (χ1n) is 5.10. The zero-order valence-electron chi connectivity index (χ0n) is 9.99. The van der Waals surface area contributed by atoms with Crippen molar-refractivity contribution in [3.05, 3.63) is 48.9 Å². The molecule has 0 saturated carbocycles. The molecule has 0 amide bonds. The molecule has 18 heavy (non-hydrogen) atoms. The van der Waals surface area contributed by atoms with Crippen molar-refractivity contribution in [2.45, 2.75) is 13.3 Å². The molecule has 1 rings (SSSR count). The van der Waals surface area contributed by atoms with Crippen LogP contribution in [-0.4, -0.2) is 7.11 Å². The highest BCUT2D eigenvalue weighted by molar-refractivity contribution is 9.11. The van der Waals surface area contributed by atoms with Crippen LogP contribution in [0.1, 0.15) is 11.1 Å². The largest absolute Gasteiger partial charge is 0.494 e. The smallest absolute Gasteiger partial charge is 0.147 e. The van der Waals surface area contributed by atoms with Crippen LogP contribution in [0.3, 0.4) is 0 Å². The molecule has 0 saturated heterocycles. The van der Waals surface area contributed by atoms with E-state index in [0.717, 1.165) is 25.8 Å². The third-order valence-electron chi connectivity index (χ3n) is 2.49. The molecule has 0 aromatic heterocycles. The molecule has 1 aromatic rings. The van der Waals surface area contributed by atoms with E-state index in [4.69, 9.17) is 27.9 Å². The maximum absolute atomic E-state index is 5.94. The van der Waals surface area contributed by atoms with Crippen molar-refractivity contribution in [1.29, 1.82) is 0 Å². The fourth-order valence-electron chi connectivity index (χ4n) is 1.45. The predicted octanol–water partition coefficient (Wildman–Crippen LogP) is 5.95. The van der Waals surface area contributed by atoms with Gasteiger partial charge >= 0.3 is 0 Å². The second-order valence-electron chi connectivity index (χ2n) is 3.65. The summed E-state index contributed by atoms with van der Waals surface area (Å²) in [5, 5.41) is 0.820. The molecule has 0 fully saturated rings. The zero-order chi connectivity index (χ0) is 13.9. The summed E-state index contributed by atoms with van der Waals surface area (Å²) < 4.78 is 7.13. The van der Waals surface area contributed by atoms with Gasteiger partial charge in [0.2, 0.25) is 0 Å². The minimum atomic E-state index is 0.348. The molecule has 0 spiro atoms. The van der Waals surface area contributed by atoms with Gasteiger partial charge < -0.3 is 4.74 Å². The van der Waals surface area contributed by atoms with E-state index in [1.54, 1.807) is 7.11 Å². The van der Waals surface area contributed by atoms with Gasteiger partial charge in [-0.1, -0.05) is 35.9 Å². The van der Waals surface area contributed by atoms with E-state index in [0.29, 0.717) is 16.5 Å². The van der Waals surface area contributed by atoms with Crippen molar-refractivity contribution in [3.63, 3.8) is 0 Å². The van der Waals surface area contributed by atoms with Gasteiger partial charge in [0.15, 0.2) is 0 Å². The topological polar surface area (TPSA) is 9.23 Å². The molecular formula is C13H12Br2Cl2O. The molecule has 0 aliphatic heterocycles. The summed E-state index contributed by atoms with van der Waals surface area (Å²) in [5.41, 5.74) is 2.24. The summed E-state index contributed by atoms with van der Waals surface area (Å²) >= 11 is 18.7. The Hall–Kier alpha value is 0.0400. The van der Waals surface area contributed by atoms with Crippen LogP contribution in [0.25, 0.3) is 0 Å². The third kappa shape index (κ3) is 3.77. The molecule has 5 heteroatoms. The maximum Gasteiger partial charge on any atom is 0.147 e. The van der Waals surface area contributed by atoms with Crippen molar-refractivity contribution >= 4 is 55.1 Å². The lowest BCUT2D eigenvalue weighted by Crippen LogP contribution is -1.94. The normalized spacial score (nSPS) is 11.6. The van der Waals surface area contributed by atoms with Gasteiger partial charge in [-0.2, -0.15) is 0 Å². The molecule has 0 bridgehead atoms. The monoisotopic (exact) mass is 412 g/mol. The van der Waals surface area contributed by atoms with E-state index >= 15 is 0 Å². The summed E-state index contributed by atoms with van der Waals surface area (Å²) in [7, 11) is 1.64. The Morgan fingerprint density at radius 2 is 2.06 bits per heavy atom. The average Bonchev–Trinajstić information content (AvgIpc) is 2.32. The van der Waals surface area contributed by atoms with E-state index in [9.17, 15) is 0 Å². The fourth-order valence-corrected chi connectivity index (χ4v) is 3.14. The van der Waals surface area contributed by atoms with Gasteiger partial charge in [-0.05, 0) is 62.4 Å². The molecule has 0 N–H and O–H groups in total. The highest BCUT2D eigenvalue weighted by atomic mass is 79.9. The van der Waals surface area contributed by atoms with Gasteiger partial charge in [0.05, 0.1) is 26.1 Å². The van der Waals surface area contributed by atoms with E-state index in [2.05, 4.69) is 38.4 Å². The predicted molar refractivity (Wildman–Crippen MR) is 85.8 cm³/mol. The summed E-state index contributed by atoms with van der Waals surface area (Å²) in [6, 6.07) is 2.01. The number of ether oxygens (including phenoxy) is 1. The number of allylic oxidation sites excluding steroid dienone is 3. The second kappa shape index (κ2) is 6.99. The molecule has 0 atom stereocenters.